The minimum Gasteiger partial charge on any atom is -0.419 e. The molecule has 0 aliphatic heterocycles. The van der Waals surface area contributed by atoms with Crippen LogP contribution in [0.15, 0.2) is 12.7 Å². The number of rotatable bonds is 1. The quantitative estimate of drug-likeness (QED) is 0.296. The standard InChI is InChI=1S/C3H3O.Al.Mg.Zn/c1-2-3-4;;;/h2H,1H2;;;/q-1;;;. The molecule has 0 fully saturated rings. The summed E-state index contributed by atoms with van der Waals surface area (Å²) in [5.74, 6) is 0. The van der Waals surface area contributed by atoms with Gasteiger partial charge in [-0.05, 0) is 6.29 Å². The molecule has 0 spiro atoms. The summed E-state index contributed by atoms with van der Waals surface area (Å²) in [5, 5.41) is 0. The zero-order valence-corrected chi connectivity index (χ0v) is 9.72. The molecule has 0 bridgehead atoms. The molecule has 5 radical (unpaired) electrons. The summed E-state index contributed by atoms with van der Waals surface area (Å²) in [4.78, 5) is 8.93. The Labute approximate surface area is 83.0 Å². The van der Waals surface area contributed by atoms with Gasteiger partial charge in [0.05, 0.1) is 0 Å². The van der Waals surface area contributed by atoms with Crippen molar-refractivity contribution in [1.29, 1.82) is 0 Å². The summed E-state index contributed by atoms with van der Waals surface area (Å²) in [6.07, 6.45) is 2.51. The Morgan fingerprint density at radius 3 is 1.71 bits per heavy atom. The first kappa shape index (κ1) is 23.9. The molecule has 0 aromatic heterocycles. The van der Waals surface area contributed by atoms with E-state index < -0.39 is 0 Å². The minimum atomic E-state index is 0. The summed E-state index contributed by atoms with van der Waals surface area (Å²) in [6, 6.07) is 0. The topological polar surface area (TPSA) is 17.1 Å². The van der Waals surface area contributed by atoms with Gasteiger partial charge in [0.25, 0.3) is 0 Å². The maximum atomic E-state index is 8.93. The first-order chi connectivity index (χ1) is 1.91. The molecule has 0 unspecified atom stereocenters. The van der Waals surface area contributed by atoms with Crippen LogP contribution in [0.2, 0.25) is 0 Å². The normalized spacial score (nSPS) is 2.86. The Kier molecular flexibility index (Phi) is 90.3. The van der Waals surface area contributed by atoms with Gasteiger partial charge in [0, 0.05) is 59.9 Å². The summed E-state index contributed by atoms with van der Waals surface area (Å²) >= 11 is 0. The van der Waals surface area contributed by atoms with Gasteiger partial charge in [-0.3, -0.25) is 0 Å². The molecule has 29 valence electrons. The molecule has 0 amide bonds. The molecule has 0 aliphatic carbocycles. The van der Waals surface area contributed by atoms with Crippen molar-refractivity contribution in [2.75, 3.05) is 0 Å². The van der Waals surface area contributed by atoms with Gasteiger partial charge in [-0.1, -0.05) is 0 Å². The van der Waals surface area contributed by atoms with Crippen LogP contribution in [-0.4, -0.2) is 46.7 Å². The second kappa shape index (κ2) is 26.5. The summed E-state index contributed by atoms with van der Waals surface area (Å²) in [5.41, 5.74) is 0. The Hall–Kier alpha value is 1.33. The van der Waals surface area contributed by atoms with Crippen molar-refractivity contribution in [1.82, 2.24) is 0 Å². The Balaban J connectivity index is -0.0000000150. The third kappa shape index (κ3) is 38.3. The van der Waals surface area contributed by atoms with Crippen LogP contribution >= 0.6 is 0 Å². The van der Waals surface area contributed by atoms with Crippen LogP contribution in [0.3, 0.4) is 0 Å². The molecule has 0 N–H and O–H groups in total. The van der Waals surface area contributed by atoms with E-state index in [1.807, 2.05) is 0 Å². The van der Waals surface area contributed by atoms with Gasteiger partial charge in [0.2, 0.25) is 0 Å². The number of carbonyl (C=O) groups excluding carboxylic acids is 1. The third-order valence-electron chi connectivity index (χ3n) is 0.0833. The average Bonchev–Trinajstić information content (AvgIpc) is 1.37. The first-order valence-electron chi connectivity index (χ1n) is 0.901. The van der Waals surface area contributed by atoms with Crippen LogP contribution in [0.5, 0.6) is 0 Å². The van der Waals surface area contributed by atoms with Crippen LogP contribution in [0.4, 0.5) is 0 Å². The van der Waals surface area contributed by atoms with Crippen LogP contribution < -0.4 is 0 Å². The van der Waals surface area contributed by atoms with Crippen LogP contribution in [-0.2, 0) is 24.3 Å². The Morgan fingerprint density at radius 2 is 1.71 bits per heavy atom. The monoisotopic (exact) mass is 170 g/mol. The van der Waals surface area contributed by atoms with E-state index in [2.05, 4.69) is 6.58 Å². The van der Waals surface area contributed by atoms with Crippen molar-refractivity contribution in [3.63, 3.8) is 0 Å². The molecule has 4 heteroatoms. The van der Waals surface area contributed by atoms with Crippen LogP contribution in [0.1, 0.15) is 0 Å². The molecular formula is C3H3AlMgOZn-. The molecule has 0 heterocycles. The van der Waals surface area contributed by atoms with Gasteiger partial charge in [-0.25, -0.2) is 12.7 Å². The Bertz CT molecular complexity index is 35.9. The largest absolute Gasteiger partial charge is 0.419 e. The van der Waals surface area contributed by atoms with Crippen molar-refractivity contribution >= 4 is 46.7 Å². The molecule has 0 saturated heterocycles. The molecule has 1 nitrogen and oxygen atoms in total. The van der Waals surface area contributed by atoms with E-state index in [-0.39, 0.29) is 59.9 Å². The summed E-state index contributed by atoms with van der Waals surface area (Å²) in [7, 11) is 0. The molecule has 7 heavy (non-hydrogen) atoms. The van der Waals surface area contributed by atoms with E-state index in [0.29, 0.717) is 0 Å². The zero-order valence-electron chi connectivity index (χ0n) is 4.18. The van der Waals surface area contributed by atoms with Gasteiger partial charge < -0.3 is 4.79 Å². The van der Waals surface area contributed by atoms with Crippen LogP contribution in [0, 0.1) is 0 Å². The maximum absolute atomic E-state index is 8.93. The molecule has 0 aliphatic rings. The van der Waals surface area contributed by atoms with E-state index in [1.54, 1.807) is 0 Å². The average molecular weight is 172 g/mol. The van der Waals surface area contributed by atoms with Crippen molar-refractivity contribution in [3.05, 3.63) is 12.7 Å². The minimum absolute atomic E-state index is 0. The van der Waals surface area contributed by atoms with Crippen molar-refractivity contribution in [2.24, 2.45) is 0 Å². The SMILES string of the molecule is C=C[C-]=O.[Al].[Mg].[Zn]. The van der Waals surface area contributed by atoms with Crippen molar-refractivity contribution in [3.8, 4) is 0 Å². The fourth-order valence-corrected chi connectivity index (χ4v) is 0. The number of hydrogen-bond acceptors (Lipinski definition) is 1. The smallest absolute Gasteiger partial charge is 0 e. The summed E-state index contributed by atoms with van der Waals surface area (Å²) < 4.78 is 0. The fraction of sp³-hybridized carbons (Fsp3) is 0. The third-order valence-corrected chi connectivity index (χ3v) is 0.0833. The molecular weight excluding hydrogens is 169 g/mol. The van der Waals surface area contributed by atoms with E-state index in [0.717, 1.165) is 6.08 Å². The van der Waals surface area contributed by atoms with E-state index in [4.69, 9.17) is 4.79 Å². The molecule has 0 saturated carbocycles. The van der Waals surface area contributed by atoms with E-state index >= 15 is 0 Å². The second-order valence-electron chi connectivity index (χ2n) is 0.322. The molecule has 0 aromatic rings. The summed E-state index contributed by atoms with van der Waals surface area (Å²) in [6.45, 7) is 3.06. The first-order valence-corrected chi connectivity index (χ1v) is 0.901. The van der Waals surface area contributed by atoms with Crippen LogP contribution in [0.25, 0.3) is 0 Å². The second-order valence-corrected chi connectivity index (χ2v) is 0.322. The van der Waals surface area contributed by atoms with Crippen molar-refractivity contribution in [2.45, 2.75) is 0 Å². The zero-order chi connectivity index (χ0) is 3.41. The fourth-order valence-electron chi connectivity index (χ4n) is 0. The van der Waals surface area contributed by atoms with Crippen molar-refractivity contribution < 1.29 is 24.3 Å². The predicted octanol–water partition coefficient (Wildman–Crippen LogP) is -0.482. The molecule has 0 atom stereocenters. The van der Waals surface area contributed by atoms with Gasteiger partial charge in [0.15, 0.2) is 0 Å². The molecule has 0 aromatic carbocycles. The van der Waals surface area contributed by atoms with Gasteiger partial charge in [-0.15, -0.1) is 0 Å². The van der Waals surface area contributed by atoms with E-state index in [9.17, 15) is 0 Å². The number of hydrogen-bond donors (Lipinski definition) is 0. The van der Waals surface area contributed by atoms with E-state index in [1.165, 1.54) is 6.29 Å². The van der Waals surface area contributed by atoms with Gasteiger partial charge >= 0.3 is 0 Å². The maximum Gasteiger partial charge on any atom is 0 e. The molecule has 0 rings (SSSR count). The number of allylic oxidation sites excluding steroid dienone is 1. The van der Waals surface area contributed by atoms with Gasteiger partial charge in [0.1, 0.15) is 0 Å². The van der Waals surface area contributed by atoms with Gasteiger partial charge in [-0.2, -0.15) is 0 Å². The Morgan fingerprint density at radius 1 is 1.57 bits per heavy atom. The predicted molar refractivity (Wildman–Crippen MR) is 27.4 cm³/mol.